The molecule has 4 atom stereocenters. The molecule has 0 spiro atoms. The van der Waals surface area contributed by atoms with Crippen molar-refractivity contribution in [1.82, 2.24) is 0 Å². The summed E-state index contributed by atoms with van der Waals surface area (Å²) >= 11 is 0. The van der Waals surface area contributed by atoms with Gasteiger partial charge in [0, 0.05) is 5.92 Å². The number of rotatable bonds is 1. The van der Waals surface area contributed by atoms with Gasteiger partial charge in [0.2, 0.25) is 0 Å². The maximum atomic E-state index is 5.53. The van der Waals surface area contributed by atoms with E-state index in [-0.39, 0.29) is 0 Å². The SMILES string of the molecule is NC1=NCC(C2CC3CCC2C3)O1. The van der Waals surface area contributed by atoms with Crippen LogP contribution >= 0.6 is 0 Å². The lowest BCUT2D eigenvalue weighted by Crippen LogP contribution is -2.30. The Hall–Kier alpha value is -0.730. The lowest BCUT2D eigenvalue weighted by atomic mass is 9.85. The van der Waals surface area contributed by atoms with E-state index >= 15 is 0 Å². The van der Waals surface area contributed by atoms with E-state index in [0.717, 1.165) is 24.3 Å². The van der Waals surface area contributed by atoms with Crippen molar-refractivity contribution in [2.75, 3.05) is 6.54 Å². The van der Waals surface area contributed by atoms with Crippen molar-refractivity contribution in [1.29, 1.82) is 0 Å². The normalized spacial score (nSPS) is 47.8. The molecular weight excluding hydrogens is 164 g/mol. The van der Waals surface area contributed by atoms with E-state index in [2.05, 4.69) is 4.99 Å². The minimum absolute atomic E-state index is 0.315. The molecule has 13 heavy (non-hydrogen) atoms. The fourth-order valence-electron chi connectivity index (χ4n) is 3.38. The maximum absolute atomic E-state index is 5.53. The van der Waals surface area contributed by atoms with Crippen molar-refractivity contribution in [2.45, 2.75) is 31.8 Å². The molecule has 2 fully saturated rings. The number of amidine groups is 1. The maximum Gasteiger partial charge on any atom is 0.282 e. The van der Waals surface area contributed by atoms with Gasteiger partial charge in [0.25, 0.3) is 6.02 Å². The summed E-state index contributed by atoms with van der Waals surface area (Å²) in [6.07, 6.45) is 5.97. The van der Waals surface area contributed by atoms with Crippen LogP contribution in [0.5, 0.6) is 0 Å². The third kappa shape index (κ3) is 1.13. The lowest BCUT2D eigenvalue weighted by Gasteiger charge is -2.26. The number of nitrogens with two attached hydrogens (primary N) is 1. The van der Waals surface area contributed by atoms with Gasteiger partial charge in [-0.25, -0.2) is 4.99 Å². The van der Waals surface area contributed by atoms with E-state index in [0.29, 0.717) is 12.1 Å². The van der Waals surface area contributed by atoms with Gasteiger partial charge < -0.3 is 10.5 Å². The van der Waals surface area contributed by atoms with Crippen LogP contribution in [0.15, 0.2) is 4.99 Å². The van der Waals surface area contributed by atoms with Crippen LogP contribution in [0, 0.1) is 17.8 Å². The van der Waals surface area contributed by atoms with Crippen LogP contribution < -0.4 is 5.73 Å². The summed E-state index contributed by atoms with van der Waals surface area (Å²) < 4.78 is 5.53. The molecule has 0 aromatic heterocycles. The van der Waals surface area contributed by atoms with Crippen molar-refractivity contribution in [2.24, 2.45) is 28.5 Å². The van der Waals surface area contributed by atoms with E-state index in [9.17, 15) is 0 Å². The number of aliphatic imine (C=N–C) groups is 1. The highest BCUT2D eigenvalue weighted by atomic mass is 16.5. The van der Waals surface area contributed by atoms with Crippen molar-refractivity contribution < 1.29 is 4.74 Å². The van der Waals surface area contributed by atoms with Crippen LogP contribution in [0.3, 0.4) is 0 Å². The van der Waals surface area contributed by atoms with E-state index in [1.165, 1.54) is 25.7 Å². The van der Waals surface area contributed by atoms with Gasteiger partial charge in [0.1, 0.15) is 6.10 Å². The molecule has 4 unspecified atom stereocenters. The smallest absolute Gasteiger partial charge is 0.282 e. The van der Waals surface area contributed by atoms with Crippen LogP contribution in [0.1, 0.15) is 25.7 Å². The molecule has 2 aliphatic carbocycles. The second-order valence-electron chi connectivity index (χ2n) is 4.67. The van der Waals surface area contributed by atoms with Crippen LogP contribution in [-0.2, 0) is 4.74 Å². The zero-order valence-corrected chi connectivity index (χ0v) is 7.78. The fourth-order valence-corrected chi connectivity index (χ4v) is 3.38. The van der Waals surface area contributed by atoms with Crippen LogP contribution in [0.4, 0.5) is 0 Å². The Kier molecular flexibility index (Phi) is 1.55. The molecule has 0 amide bonds. The number of hydrogen-bond acceptors (Lipinski definition) is 3. The number of nitrogens with zero attached hydrogens (tertiary/aromatic N) is 1. The first-order chi connectivity index (χ1) is 6.33. The van der Waals surface area contributed by atoms with Crippen LogP contribution in [0.2, 0.25) is 0 Å². The molecule has 2 bridgehead atoms. The Morgan fingerprint density at radius 2 is 2.23 bits per heavy atom. The van der Waals surface area contributed by atoms with Gasteiger partial charge in [-0.2, -0.15) is 0 Å². The third-order valence-corrected chi connectivity index (χ3v) is 3.97. The van der Waals surface area contributed by atoms with Gasteiger partial charge in [0.15, 0.2) is 0 Å². The Balaban J connectivity index is 1.68. The molecule has 0 saturated heterocycles. The second-order valence-corrected chi connectivity index (χ2v) is 4.67. The topological polar surface area (TPSA) is 47.6 Å². The van der Waals surface area contributed by atoms with Gasteiger partial charge in [0.05, 0.1) is 6.54 Å². The van der Waals surface area contributed by atoms with Gasteiger partial charge in [-0.15, -0.1) is 0 Å². The largest absolute Gasteiger partial charge is 0.460 e. The minimum Gasteiger partial charge on any atom is -0.460 e. The number of ether oxygens (including phenoxy) is 1. The monoisotopic (exact) mass is 180 g/mol. The average Bonchev–Trinajstić information content (AvgIpc) is 2.77. The number of fused-ring (bicyclic) bond motifs is 2. The molecule has 0 aromatic carbocycles. The van der Waals surface area contributed by atoms with E-state index in [1.807, 2.05) is 0 Å². The number of hydrogen-bond donors (Lipinski definition) is 1. The van der Waals surface area contributed by atoms with E-state index in [1.54, 1.807) is 0 Å². The Labute approximate surface area is 78.4 Å². The first kappa shape index (κ1) is 7.65. The summed E-state index contributed by atoms with van der Waals surface area (Å²) in [5.74, 6) is 2.65. The van der Waals surface area contributed by atoms with Crippen LogP contribution in [-0.4, -0.2) is 18.7 Å². The standard InChI is InChI=1S/C10H16N2O/c11-10-12-5-9(13-10)8-4-6-1-2-7(8)3-6/h6-9H,1-5H2,(H2,11,12). The van der Waals surface area contributed by atoms with Gasteiger partial charge in [-0.3, -0.25) is 0 Å². The molecule has 3 nitrogen and oxygen atoms in total. The molecule has 0 aromatic rings. The first-order valence-electron chi connectivity index (χ1n) is 5.29. The predicted molar refractivity (Wildman–Crippen MR) is 50.3 cm³/mol. The first-order valence-corrected chi connectivity index (χ1v) is 5.29. The van der Waals surface area contributed by atoms with Crippen molar-refractivity contribution in [3.8, 4) is 0 Å². The third-order valence-electron chi connectivity index (χ3n) is 3.97. The highest BCUT2D eigenvalue weighted by Gasteiger charge is 2.45. The molecule has 1 heterocycles. The summed E-state index contributed by atoms with van der Waals surface area (Å²) in [4.78, 5) is 4.12. The minimum atomic E-state index is 0.315. The average molecular weight is 180 g/mol. The van der Waals surface area contributed by atoms with E-state index < -0.39 is 0 Å². The molecule has 3 heteroatoms. The van der Waals surface area contributed by atoms with Gasteiger partial charge in [-0.1, -0.05) is 6.42 Å². The molecule has 3 aliphatic rings. The summed E-state index contributed by atoms with van der Waals surface area (Å²) in [5, 5.41) is 0. The molecule has 3 rings (SSSR count). The van der Waals surface area contributed by atoms with E-state index in [4.69, 9.17) is 10.5 Å². The fraction of sp³-hybridized carbons (Fsp3) is 0.900. The zero-order valence-electron chi connectivity index (χ0n) is 7.78. The lowest BCUT2D eigenvalue weighted by molar-refractivity contribution is 0.110. The van der Waals surface area contributed by atoms with Crippen molar-refractivity contribution in [3.05, 3.63) is 0 Å². The van der Waals surface area contributed by atoms with Crippen molar-refractivity contribution in [3.63, 3.8) is 0 Å². The molecule has 2 N–H and O–H groups in total. The Morgan fingerprint density at radius 3 is 2.77 bits per heavy atom. The molecule has 72 valence electrons. The molecule has 1 aliphatic heterocycles. The zero-order chi connectivity index (χ0) is 8.84. The summed E-state index contributed by atoms with van der Waals surface area (Å²) in [5.41, 5.74) is 5.52. The summed E-state index contributed by atoms with van der Waals surface area (Å²) in [6, 6.07) is 0.410. The quantitative estimate of drug-likeness (QED) is 0.657. The molecular formula is C10H16N2O. The van der Waals surface area contributed by atoms with Gasteiger partial charge in [-0.05, 0) is 31.1 Å². The highest BCUT2D eigenvalue weighted by molar-refractivity contribution is 5.73. The Morgan fingerprint density at radius 1 is 1.31 bits per heavy atom. The second kappa shape index (κ2) is 2.63. The molecule has 0 radical (unpaired) electrons. The van der Waals surface area contributed by atoms with Crippen molar-refractivity contribution >= 4 is 6.02 Å². The summed E-state index contributed by atoms with van der Waals surface area (Å²) in [7, 11) is 0. The predicted octanol–water partition coefficient (Wildman–Crippen LogP) is 1.14. The molecule has 2 saturated carbocycles. The summed E-state index contributed by atoms with van der Waals surface area (Å²) in [6.45, 7) is 0.805. The van der Waals surface area contributed by atoms with Crippen LogP contribution in [0.25, 0.3) is 0 Å². The highest BCUT2D eigenvalue weighted by Crippen LogP contribution is 2.50. The Bertz CT molecular complexity index is 251. The van der Waals surface area contributed by atoms with Gasteiger partial charge >= 0.3 is 0 Å².